The molecule has 0 saturated heterocycles. The van der Waals surface area contributed by atoms with E-state index in [-0.39, 0.29) is 0 Å². The average molecular weight is 238 g/mol. The van der Waals surface area contributed by atoms with Crippen LogP contribution in [0.3, 0.4) is 0 Å². The van der Waals surface area contributed by atoms with Crippen LogP contribution in [0.15, 0.2) is 0 Å². The highest BCUT2D eigenvalue weighted by Gasteiger charge is 2.65. The number of hydrogen-bond acceptors (Lipinski definition) is 7. The summed E-state index contributed by atoms with van der Waals surface area (Å²) in [4.78, 5) is 11.0. The molecule has 0 radical (unpaired) electrons. The lowest BCUT2D eigenvalue weighted by Gasteiger charge is -2.27. The summed E-state index contributed by atoms with van der Waals surface area (Å²) in [5.41, 5.74) is -6.02. The van der Waals surface area contributed by atoms with Crippen molar-refractivity contribution < 1.29 is 9.90 Å². The molecule has 1 N–H and O–H groups in total. The molecule has 0 atom stereocenters. The maximum absolute atomic E-state index is 11.0. The van der Waals surface area contributed by atoms with Gasteiger partial charge in [-0.05, 0) is 0 Å². The van der Waals surface area contributed by atoms with E-state index < -0.39 is 22.7 Å². The molecular formula is C10H2N6O2. The highest BCUT2D eigenvalue weighted by atomic mass is 16.4. The molecule has 0 aromatic rings. The van der Waals surface area contributed by atoms with E-state index in [2.05, 4.69) is 0 Å². The number of carboxylic acids is 1. The van der Waals surface area contributed by atoms with Gasteiger partial charge in [0.1, 0.15) is 0 Å². The van der Waals surface area contributed by atoms with Gasteiger partial charge in [0, 0.05) is 0 Å². The fourth-order valence-electron chi connectivity index (χ4n) is 1.23. The Balaban J connectivity index is 6.59. The zero-order chi connectivity index (χ0) is 14.4. The van der Waals surface area contributed by atoms with Crippen LogP contribution in [0.1, 0.15) is 0 Å². The molecule has 0 amide bonds. The van der Waals surface area contributed by atoms with E-state index in [0.29, 0.717) is 0 Å². The van der Waals surface area contributed by atoms with Gasteiger partial charge >= 0.3 is 5.97 Å². The Morgan fingerprint density at radius 2 is 1.28 bits per heavy atom. The summed E-state index contributed by atoms with van der Waals surface area (Å²) < 4.78 is 0. The summed E-state index contributed by atoms with van der Waals surface area (Å²) >= 11 is 0. The minimum Gasteiger partial charge on any atom is -0.479 e. The first-order chi connectivity index (χ1) is 8.46. The minimum atomic E-state index is -3.12. The van der Waals surface area contributed by atoms with Crippen molar-refractivity contribution in [1.29, 1.82) is 31.6 Å². The van der Waals surface area contributed by atoms with Crippen LogP contribution in [0.5, 0.6) is 0 Å². The fraction of sp³-hybridized carbons (Fsp3) is 0.300. The molecule has 0 fully saturated rings. The predicted octanol–water partition coefficient (Wildman–Crippen LogP) is -0.199. The monoisotopic (exact) mass is 238 g/mol. The molecule has 8 heteroatoms. The van der Waals surface area contributed by atoms with Gasteiger partial charge < -0.3 is 5.11 Å². The molecule has 0 rings (SSSR count). The van der Waals surface area contributed by atoms with Crippen molar-refractivity contribution in [3.05, 3.63) is 0 Å². The van der Waals surface area contributed by atoms with Gasteiger partial charge in [0.05, 0.1) is 36.4 Å². The summed E-state index contributed by atoms with van der Waals surface area (Å²) in [5, 5.41) is 61.7. The van der Waals surface area contributed by atoms with Crippen LogP contribution in [0.2, 0.25) is 0 Å². The van der Waals surface area contributed by atoms with E-state index in [1.807, 2.05) is 0 Å². The number of aliphatic carboxylic acids is 1. The van der Waals surface area contributed by atoms with Gasteiger partial charge in [-0.3, -0.25) is 0 Å². The topological polar surface area (TPSA) is 180 Å². The molecule has 0 bridgehead atoms. The van der Waals surface area contributed by atoms with Crippen molar-refractivity contribution in [3.63, 3.8) is 0 Å². The average Bonchev–Trinajstić information content (AvgIpc) is 2.39. The molecule has 0 spiro atoms. The Morgan fingerprint density at radius 3 is 1.44 bits per heavy atom. The first kappa shape index (κ1) is 14.4. The third-order valence-corrected chi connectivity index (χ3v) is 2.29. The molecule has 0 aromatic heterocycles. The lowest BCUT2D eigenvalue weighted by atomic mass is 9.60. The molecule has 84 valence electrons. The largest absolute Gasteiger partial charge is 0.479 e. The Labute approximate surface area is 101 Å². The normalized spacial score (nSPS) is 9.72. The Hall–Kier alpha value is -3.59. The second-order valence-corrected chi connectivity index (χ2v) is 3.00. The van der Waals surface area contributed by atoms with Crippen LogP contribution in [0, 0.1) is 84.7 Å². The summed E-state index contributed by atoms with van der Waals surface area (Å²) in [7, 11) is 0. The van der Waals surface area contributed by atoms with Gasteiger partial charge in [0.2, 0.25) is 5.41 Å². The third kappa shape index (κ3) is 1.45. The molecule has 0 heterocycles. The Kier molecular flexibility index (Phi) is 3.97. The minimum absolute atomic E-state index is 1.05. The van der Waals surface area contributed by atoms with Crippen molar-refractivity contribution in [2.45, 2.75) is 0 Å². The molecule has 18 heavy (non-hydrogen) atoms. The van der Waals surface area contributed by atoms with E-state index in [9.17, 15) is 4.79 Å². The highest BCUT2D eigenvalue weighted by Crippen LogP contribution is 2.44. The van der Waals surface area contributed by atoms with Crippen LogP contribution < -0.4 is 0 Å². The van der Waals surface area contributed by atoms with Crippen molar-refractivity contribution in [3.8, 4) is 36.4 Å². The number of nitrogens with zero attached hydrogens (tertiary/aromatic N) is 6. The number of carboxylic acid groups (broad SMARTS) is 1. The van der Waals surface area contributed by atoms with Crippen LogP contribution in [0.25, 0.3) is 0 Å². The summed E-state index contributed by atoms with van der Waals surface area (Å²) in [6.45, 7) is 0. The smallest absolute Gasteiger partial charge is 0.341 e. The van der Waals surface area contributed by atoms with Gasteiger partial charge in [-0.2, -0.15) is 31.6 Å². The van der Waals surface area contributed by atoms with Crippen LogP contribution >= 0.6 is 0 Å². The standard InChI is InChI=1S/C10H2N6O2/c11-1-7(2-12)9(3-13,4-14)10(5-15,6-16)8(17)18/h7H,(H,17,18). The molecule has 0 aliphatic carbocycles. The maximum atomic E-state index is 11.0. The van der Waals surface area contributed by atoms with E-state index in [0.717, 1.165) is 24.3 Å². The van der Waals surface area contributed by atoms with Crippen molar-refractivity contribution >= 4 is 5.97 Å². The van der Waals surface area contributed by atoms with Crippen LogP contribution in [0.4, 0.5) is 0 Å². The first-order valence-electron chi connectivity index (χ1n) is 4.14. The summed E-state index contributed by atoms with van der Waals surface area (Å²) in [6.07, 6.45) is 0. The molecule has 0 aliphatic heterocycles. The van der Waals surface area contributed by atoms with Crippen molar-refractivity contribution in [2.24, 2.45) is 16.7 Å². The van der Waals surface area contributed by atoms with Crippen molar-refractivity contribution in [2.75, 3.05) is 0 Å². The Bertz CT molecular complexity index is 582. The highest BCUT2D eigenvalue weighted by molar-refractivity contribution is 5.85. The fourth-order valence-corrected chi connectivity index (χ4v) is 1.23. The van der Waals surface area contributed by atoms with Gasteiger partial charge in [-0.25, -0.2) is 4.79 Å². The second-order valence-electron chi connectivity index (χ2n) is 3.00. The van der Waals surface area contributed by atoms with E-state index in [4.69, 9.17) is 36.7 Å². The number of hydrogen-bond donors (Lipinski definition) is 1. The third-order valence-electron chi connectivity index (χ3n) is 2.29. The lowest BCUT2D eigenvalue weighted by molar-refractivity contribution is -0.146. The number of nitriles is 6. The van der Waals surface area contributed by atoms with Crippen LogP contribution in [-0.4, -0.2) is 11.1 Å². The van der Waals surface area contributed by atoms with Gasteiger partial charge in [-0.1, -0.05) is 0 Å². The molecule has 0 aromatic carbocycles. The number of rotatable bonds is 3. The van der Waals surface area contributed by atoms with Gasteiger partial charge in [-0.15, -0.1) is 0 Å². The zero-order valence-corrected chi connectivity index (χ0v) is 8.62. The predicted molar refractivity (Wildman–Crippen MR) is 49.7 cm³/mol. The van der Waals surface area contributed by atoms with Crippen LogP contribution in [-0.2, 0) is 4.79 Å². The van der Waals surface area contributed by atoms with Gasteiger partial charge in [0.15, 0.2) is 5.92 Å². The first-order valence-corrected chi connectivity index (χ1v) is 4.14. The zero-order valence-electron chi connectivity index (χ0n) is 8.62. The van der Waals surface area contributed by atoms with Gasteiger partial charge in [0.25, 0.3) is 5.41 Å². The molecule has 0 aliphatic rings. The summed E-state index contributed by atoms with van der Waals surface area (Å²) in [5.74, 6) is -4.12. The second kappa shape index (κ2) is 4.96. The molecule has 8 nitrogen and oxygen atoms in total. The Morgan fingerprint density at radius 1 is 0.889 bits per heavy atom. The molecule has 0 saturated carbocycles. The summed E-state index contributed by atoms with van der Waals surface area (Å²) in [6, 6.07) is 6.92. The molecular weight excluding hydrogens is 236 g/mol. The van der Waals surface area contributed by atoms with Crippen molar-refractivity contribution in [1.82, 2.24) is 0 Å². The lowest BCUT2D eigenvalue weighted by Crippen LogP contribution is -2.48. The van der Waals surface area contributed by atoms with E-state index >= 15 is 0 Å². The SMILES string of the molecule is N#CC(C#N)C(C#N)(C#N)C(C#N)(C#N)C(=O)O. The number of carbonyl (C=O) groups is 1. The van der Waals surface area contributed by atoms with E-state index in [1.54, 1.807) is 0 Å². The maximum Gasteiger partial charge on any atom is 0.341 e. The molecule has 0 unspecified atom stereocenters. The van der Waals surface area contributed by atoms with E-state index in [1.165, 1.54) is 12.1 Å². The quantitative estimate of drug-likeness (QED) is 0.700.